The third kappa shape index (κ3) is 2.53. The summed E-state index contributed by atoms with van der Waals surface area (Å²) in [6.45, 7) is 6.41. The van der Waals surface area contributed by atoms with Crippen LogP contribution in [0.3, 0.4) is 0 Å². The van der Waals surface area contributed by atoms with Gasteiger partial charge in [-0.05, 0) is 31.7 Å². The fourth-order valence-electron chi connectivity index (χ4n) is 2.87. The average molecular weight is 271 g/mol. The second kappa shape index (κ2) is 5.23. The molecule has 0 radical (unpaired) electrons. The fourth-order valence-corrected chi connectivity index (χ4v) is 2.87. The highest BCUT2D eigenvalue weighted by Gasteiger charge is 2.19. The van der Waals surface area contributed by atoms with Crippen LogP contribution in [0.25, 0.3) is 11.3 Å². The van der Waals surface area contributed by atoms with Gasteiger partial charge >= 0.3 is 0 Å². The average Bonchev–Trinajstić information content (AvgIpc) is 2.78. The fraction of sp³-hybridized carbons (Fsp3) is 0.533. The molecule has 3 heterocycles. The summed E-state index contributed by atoms with van der Waals surface area (Å²) in [5.74, 6) is 1.56. The summed E-state index contributed by atoms with van der Waals surface area (Å²) in [5, 5.41) is 4.38. The normalized spacial score (nSPS) is 19.4. The highest BCUT2D eigenvalue weighted by Crippen LogP contribution is 2.24. The number of aryl methyl sites for hydroxylation is 2. The van der Waals surface area contributed by atoms with Gasteiger partial charge in [-0.2, -0.15) is 5.10 Å². The molecule has 0 spiro atoms. The van der Waals surface area contributed by atoms with Crippen molar-refractivity contribution in [2.24, 2.45) is 13.0 Å². The zero-order valence-electron chi connectivity index (χ0n) is 12.4. The minimum absolute atomic E-state index is 0.719. The Balaban J connectivity index is 1.91. The molecule has 0 amide bonds. The Morgan fingerprint density at radius 3 is 2.90 bits per heavy atom. The standard InChI is InChI=1S/C15H21N5/c1-11-5-4-8-20(9-11)15-16-7-6-14(17-15)13-10-19(3)18-12(13)2/h6-7,10-11H,4-5,8-9H2,1-3H3. The molecule has 0 bridgehead atoms. The first-order valence-corrected chi connectivity index (χ1v) is 7.22. The van der Waals surface area contributed by atoms with Gasteiger partial charge in [-0.15, -0.1) is 0 Å². The molecule has 1 aliphatic rings. The molecule has 1 fully saturated rings. The lowest BCUT2D eigenvalue weighted by Crippen LogP contribution is -2.35. The van der Waals surface area contributed by atoms with Crippen molar-refractivity contribution in [2.45, 2.75) is 26.7 Å². The van der Waals surface area contributed by atoms with Gasteiger partial charge in [-0.3, -0.25) is 4.68 Å². The first-order chi connectivity index (χ1) is 9.63. The summed E-state index contributed by atoms with van der Waals surface area (Å²) in [5.41, 5.74) is 3.05. The second-order valence-corrected chi connectivity index (χ2v) is 5.74. The summed E-state index contributed by atoms with van der Waals surface area (Å²) in [6, 6.07) is 1.96. The second-order valence-electron chi connectivity index (χ2n) is 5.74. The van der Waals surface area contributed by atoms with E-state index < -0.39 is 0 Å². The predicted molar refractivity (Wildman–Crippen MR) is 79.6 cm³/mol. The summed E-state index contributed by atoms with van der Waals surface area (Å²) in [6.07, 6.45) is 6.39. The molecule has 0 aliphatic carbocycles. The highest BCUT2D eigenvalue weighted by molar-refractivity contribution is 5.61. The lowest BCUT2D eigenvalue weighted by atomic mass is 10.0. The Kier molecular flexibility index (Phi) is 3.42. The van der Waals surface area contributed by atoms with Crippen molar-refractivity contribution in [1.82, 2.24) is 19.7 Å². The van der Waals surface area contributed by atoms with Crippen LogP contribution in [0, 0.1) is 12.8 Å². The third-order valence-corrected chi connectivity index (χ3v) is 3.87. The quantitative estimate of drug-likeness (QED) is 0.841. The van der Waals surface area contributed by atoms with E-state index in [4.69, 9.17) is 4.98 Å². The summed E-state index contributed by atoms with van der Waals surface area (Å²) >= 11 is 0. The van der Waals surface area contributed by atoms with Crippen LogP contribution in [0.1, 0.15) is 25.5 Å². The van der Waals surface area contributed by atoms with Gasteiger partial charge in [0, 0.05) is 38.1 Å². The molecule has 1 aliphatic heterocycles. The van der Waals surface area contributed by atoms with Crippen molar-refractivity contribution in [3.63, 3.8) is 0 Å². The van der Waals surface area contributed by atoms with Crippen LogP contribution in [0.4, 0.5) is 5.95 Å². The molecular formula is C15H21N5. The first kappa shape index (κ1) is 13.1. The number of anilines is 1. The number of aromatic nitrogens is 4. The van der Waals surface area contributed by atoms with Crippen molar-refractivity contribution in [3.05, 3.63) is 24.2 Å². The van der Waals surface area contributed by atoms with E-state index >= 15 is 0 Å². The lowest BCUT2D eigenvalue weighted by molar-refractivity contribution is 0.442. The molecule has 3 rings (SSSR count). The summed E-state index contributed by atoms with van der Waals surface area (Å²) in [7, 11) is 1.94. The Bertz CT molecular complexity index is 604. The van der Waals surface area contributed by atoms with Gasteiger partial charge in [-0.25, -0.2) is 9.97 Å². The Morgan fingerprint density at radius 2 is 2.20 bits per heavy atom. The van der Waals surface area contributed by atoms with Gasteiger partial charge in [0.15, 0.2) is 0 Å². The van der Waals surface area contributed by atoms with Crippen LogP contribution >= 0.6 is 0 Å². The minimum Gasteiger partial charge on any atom is -0.341 e. The topological polar surface area (TPSA) is 46.8 Å². The van der Waals surface area contributed by atoms with Gasteiger partial charge in [0.1, 0.15) is 0 Å². The number of piperidine rings is 1. The molecule has 106 valence electrons. The number of rotatable bonds is 2. The molecule has 5 nitrogen and oxygen atoms in total. The maximum atomic E-state index is 4.74. The molecule has 2 aromatic rings. The van der Waals surface area contributed by atoms with Crippen LogP contribution in [0.15, 0.2) is 18.5 Å². The molecule has 2 aromatic heterocycles. The Hall–Kier alpha value is -1.91. The Labute approximate surface area is 119 Å². The Morgan fingerprint density at radius 1 is 1.35 bits per heavy atom. The van der Waals surface area contributed by atoms with E-state index in [-0.39, 0.29) is 0 Å². The van der Waals surface area contributed by atoms with Crippen LogP contribution in [0.5, 0.6) is 0 Å². The van der Waals surface area contributed by atoms with E-state index in [1.807, 2.05) is 37.1 Å². The number of hydrogen-bond acceptors (Lipinski definition) is 4. The molecule has 1 saturated heterocycles. The summed E-state index contributed by atoms with van der Waals surface area (Å²) < 4.78 is 1.83. The number of hydrogen-bond donors (Lipinski definition) is 0. The maximum absolute atomic E-state index is 4.74. The van der Waals surface area contributed by atoms with Crippen molar-refractivity contribution in [1.29, 1.82) is 0 Å². The zero-order chi connectivity index (χ0) is 14.1. The van der Waals surface area contributed by atoms with Gasteiger partial charge in [0.05, 0.1) is 11.4 Å². The van der Waals surface area contributed by atoms with Gasteiger partial charge in [-0.1, -0.05) is 6.92 Å². The van der Waals surface area contributed by atoms with Crippen LogP contribution in [-0.4, -0.2) is 32.8 Å². The third-order valence-electron chi connectivity index (χ3n) is 3.87. The predicted octanol–water partition coefficient (Wildman–Crippen LogP) is 2.42. The molecule has 1 unspecified atom stereocenters. The molecule has 0 saturated carbocycles. The van der Waals surface area contributed by atoms with Crippen molar-refractivity contribution >= 4 is 5.95 Å². The van der Waals surface area contributed by atoms with Gasteiger partial charge < -0.3 is 4.90 Å². The van der Waals surface area contributed by atoms with E-state index in [1.54, 1.807) is 0 Å². The minimum atomic E-state index is 0.719. The van der Waals surface area contributed by atoms with E-state index in [9.17, 15) is 0 Å². The van der Waals surface area contributed by atoms with Gasteiger partial charge in [0.25, 0.3) is 0 Å². The SMILES string of the molecule is Cc1nn(C)cc1-c1ccnc(N2CCCC(C)C2)n1. The van der Waals surface area contributed by atoms with Crippen LogP contribution in [-0.2, 0) is 7.05 Å². The van der Waals surface area contributed by atoms with E-state index in [2.05, 4.69) is 21.9 Å². The van der Waals surface area contributed by atoms with Crippen molar-refractivity contribution in [3.8, 4) is 11.3 Å². The molecule has 1 atom stereocenters. The highest BCUT2D eigenvalue weighted by atomic mass is 15.3. The molecule has 20 heavy (non-hydrogen) atoms. The largest absolute Gasteiger partial charge is 0.341 e. The van der Waals surface area contributed by atoms with E-state index in [0.717, 1.165) is 41.9 Å². The molecule has 0 aromatic carbocycles. The lowest BCUT2D eigenvalue weighted by Gasteiger charge is -2.30. The number of nitrogens with zero attached hydrogens (tertiary/aromatic N) is 5. The van der Waals surface area contributed by atoms with Crippen LogP contribution in [0.2, 0.25) is 0 Å². The summed E-state index contributed by atoms with van der Waals surface area (Å²) in [4.78, 5) is 11.5. The first-order valence-electron chi connectivity index (χ1n) is 7.22. The van der Waals surface area contributed by atoms with Crippen molar-refractivity contribution < 1.29 is 0 Å². The smallest absolute Gasteiger partial charge is 0.225 e. The molecule has 0 N–H and O–H groups in total. The van der Waals surface area contributed by atoms with E-state index in [0.29, 0.717) is 0 Å². The maximum Gasteiger partial charge on any atom is 0.225 e. The molecule has 5 heteroatoms. The van der Waals surface area contributed by atoms with Gasteiger partial charge in [0.2, 0.25) is 5.95 Å². The molecular weight excluding hydrogens is 250 g/mol. The zero-order valence-corrected chi connectivity index (χ0v) is 12.4. The van der Waals surface area contributed by atoms with Crippen molar-refractivity contribution in [2.75, 3.05) is 18.0 Å². The van der Waals surface area contributed by atoms with Crippen LogP contribution < -0.4 is 4.90 Å². The van der Waals surface area contributed by atoms with E-state index in [1.165, 1.54) is 12.8 Å². The monoisotopic (exact) mass is 271 g/mol.